The van der Waals surface area contributed by atoms with Gasteiger partial charge in [0.15, 0.2) is 37.2 Å². The largest absolute Gasteiger partial charge is 0.285 e. The van der Waals surface area contributed by atoms with Crippen LogP contribution in [0.5, 0.6) is 0 Å². The van der Waals surface area contributed by atoms with Crippen LogP contribution in [0.4, 0.5) is 0 Å². The number of aryl methyl sites for hydroxylation is 12. The van der Waals surface area contributed by atoms with E-state index in [0.29, 0.717) is 5.92 Å². The monoisotopic (exact) mass is 1340 g/mol. The van der Waals surface area contributed by atoms with E-state index in [2.05, 4.69) is 411 Å². The molecule has 0 spiro atoms. The Morgan fingerprint density at radius 1 is 0.294 bits per heavy atom. The number of benzene rings is 6. The van der Waals surface area contributed by atoms with E-state index < -0.39 is 0 Å². The highest BCUT2D eigenvalue weighted by Crippen LogP contribution is 2.37. The lowest BCUT2D eigenvalue weighted by molar-refractivity contribution is -0.685. The minimum absolute atomic E-state index is 0.461. The van der Waals surface area contributed by atoms with Crippen LogP contribution in [0, 0.1) is 48.5 Å². The van der Waals surface area contributed by atoms with E-state index in [1.54, 1.807) is 0 Å². The van der Waals surface area contributed by atoms with Crippen LogP contribution in [0.25, 0.3) is 112 Å². The number of pyridine rings is 8. The zero-order chi connectivity index (χ0) is 72.0. The molecule has 0 unspecified atom stereocenters. The van der Waals surface area contributed by atoms with Gasteiger partial charge >= 0.3 is 0 Å². The molecule has 8 heterocycles. The molecule has 8 heteroatoms. The first-order valence-corrected chi connectivity index (χ1v) is 36.2. The molecule has 510 valence electrons. The van der Waals surface area contributed by atoms with Crippen LogP contribution >= 0.6 is 0 Å². The third kappa shape index (κ3) is 14.8. The smallest absolute Gasteiger partial charge is 0.201 e. The Kier molecular flexibility index (Phi) is 21.5. The Bertz CT molecular complexity index is 5330. The summed E-state index contributed by atoms with van der Waals surface area (Å²) in [6, 6.07) is 79.0. The van der Waals surface area contributed by atoms with Gasteiger partial charge in [0, 0.05) is 118 Å². The maximum atomic E-state index is 2.47. The maximum Gasteiger partial charge on any atom is 0.285 e. The van der Waals surface area contributed by atoms with Gasteiger partial charge in [-0.25, -0.2) is 18.3 Å². The van der Waals surface area contributed by atoms with E-state index >= 15 is 0 Å². The summed E-state index contributed by atoms with van der Waals surface area (Å²) in [5.41, 5.74) is 34.0. The summed E-state index contributed by atoms with van der Waals surface area (Å²) >= 11 is 0. The fraction of sp³-hybridized carbons (Fsp3) is 0.234. The highest BCUT2D eigenvalue weighted by Gasteiger charge is 2.33. The van der Waals surface area contributed by atoms with Crippen molar-refractivity contribution in [2.75, 3.05) is 0 Å². The molecular weight excluding hydrogens is 1240 g/mol. The molecule has 0 atom stereocenters. The molecule has 0 amide bonds. The molecule has 0 fully saturated rings. The van der Waals surface area contributed by atoms with Crippen molar-refractivity contribution in [3.05, 3.63) is 311 Å². The standard InChI is InChI=1S/C28H30N2.C26H28N2.C21H24N2.C19H20N2/c1-19-15-16-29(3)26(17-19)28-24-12-8-6-10-22(24)18-25(30(28)4)27-20(2)13-14-21-9-5-7-11-23(21)27;1-18(2)21-16-24(22-12-8-6-10-19(22)3)28(5)25(17-21)26-23-13-9-7-11-20(23)14-15-27(26)4;1-15-9-11-22(4)20(13-15)18-7-6-8-19(17(18)3)21-14-16(2)10-12-23(21)5;1-15-16(18-11-4-6-13-20(18)2)9-8-10-17(15)19-12-5-7-14-21(19)3/h5,7,9,11,13-18H,6,8,10,12H2,1-4H3;6-18H,1-5H3;6-14H,1-5H3;4-14H,1-3H3/q4*+2. The highest BCUT2D eigenvalue weighted by atomic mass is 15.0. The fourth-order valence-electron chi connectivity index (χ4n) is 15.0. The van der Waals surface area contributed by atoms with Crippen LogP contribution in [-0.4, -0.2) is 0 Å². The van der Waals surface area contributed by atoms with Crippen molar-refractivity contribution in [3.8, 4) is 90.3 Å². The van der Waals surface area contributed by atoms with Crippen molar-refractivity contribution in [2.45, 2.75) is 93.9 Å². The lowest BCUT2D eigenvalue weighted by Gasteiger charge is -2.19. The predicted molar refractivity (Wildman–Crippen MR) is 418 cm³/mol. The summed E-state index contributed by atoms with van der Waals surface area (Å²) in [5, 5.41) is 5.18. The van der Waals surface area contributed by atoms with Crippen LogP contribution < -0.4 is 36.5 Å². The van der Waals surface area contributed by atoms with Gasteiger partial charge in [0.25, 0.3) is 22.8 Å². The Morgan fingerprint density at radius 2 is 0.745 bits per heavy atom. The lowest BCUT2D eigenvalue weighted by Crippen LogP contribution is -2.42. The number of nitrogens with zero attached hydrogens (tertiary/aromatic N) is 8. The van der Waals surface area contributed by atoms with Gasteiger partial charge in [-0.1, -0.05) is 98.8 Å². The molecule has 0 saturated carbocycles. The first kappa shape index (κ1) is 70.9. The van der Waals surface area contributed by atoms with Crippen LogP contribution in [0.3, 0.4) is 0 Å². The van der Waals surface area contributed by atoms with Gasteiger partial charge in [-0.2, -0.15) is 18.3 Å². The van der Waals surface area contributed by atoms with Gasteiger partial charge in [-0.3, -0.25) is 0 Å². The van der Waals surface area contributed by atoms with Gasteiger partial charge in [0.2, 0.25) is 34.2 Å². The summed E-state index contributed by atoms with van der Waals surface area (Å²) in [6.45, 7) is 19.9. The first-order chi connectivity index (χ1) is 49.2. The number of hydrogen-bond acceptors (Lipinski definition) is 0. The topological polar surface area (TPSA) is 31.0 Å². The van der Waals surface area contributed by atoms with Crippen LogP contribution in [-0.2, 0) is 69.2 Å². The molecule has 102 heavy (non-hydrogen) atoms. The average molecular weight is 1340 g/mol. The molecule has 14 aromatic rings. The molecule has 1 aliphatic carbocycles. The molecule has 0 saturated heterocycles. The third-order valence-corrected chi connectivity index (χ3v) is 20.9. The van der Waals surface area contributed by atoms with E-state index in [9.17, 15) is 0 Å². The Hall–Kier alpha value is -11.0. The normalized spacial score (nSPS) is 11.7. The van der Waals surface area contributed by atoms with Crippen molar-refractivity contribution in [1.29, 1.82) is 0 Å². The second kappa shape index (κ2) is 30.9. The van der Waals surface area contributed by atoms with Gasteiger partial charge in [-0.15, -0.1) is 0 Å². The van der Waals surface area contributed by atoms with E-state index in [4.69, 9.17) is 0 Å². The maximum absolute atomic E-state index is 2.47. The van der Waals surface area contributed by atoms with E-state index in [-0.39, 0.29) is 0 Å². The SMILES string of the molecule is Cc1c(-c2cccc[n+]2C)cccc1-c1cccc[n+]1C.Cc1cc[n+](C)c(-c2c3c(cc(-c4c(C)ccc5ccccc45)[n+]2C)CCCC3)c1.Cc1cc[n+](C)c(-c2cccc(-c3cc(C)cc[n+]3C)c2C)c1.Cc1ccccc1-c1cc(C(C)C)cc(-c2c3ccccc3cc[n+]2C)[n+]1C. The zero-order valence-electron chi connectivity index (χ0n) is 63.2. The number of rotatable bonds is 9. The fourth-order valence-corrected chi connectivity index (χ4v) is 15.0. The molecule has 8 aromatic heterocycles. The summed E-state index contributed by atoms with van der Waals surface area (Å²) in [4.78, 5) is 0. The van der Waals surface area contributed by atoms with Crippen LogP contribution in [0.1, 0.15) is 88.2 Å². The van der Waals surface area contributed by atoms with Gasteiger partial charge in [-0.05, 0) is 195 Å². The number of hydrogen-bond donors (Lipinski definition) is 0. The first-order valence-electron chi connectivity index (χ1n) is 36.2. The van der Waals surface area contributed by atoms with E-state index in [1.165, 1.54) is 193 Å². The molecule has 0 radical (unpaired) electrons. The summed E-state index contributed by atoms with van der Waals surface area (Å²) in [5.74, 6) is 0.461. The van der Waals surface area contributed by atoms with Crippen molar-refractivity contribution < 1.29 is 36.5 Å². The van der Waals surface area contributed by atoms with E-state index in [0.717, 1.165) is 0 Å². The summed E-state index contributed by atoms with van der Waals surface area (Å²) in [7, 11) is 17.1. The Balaban J connectivity index is 0.000000130. The molecule has 0 N–H and O–H groups in total. The average Bonchev–Trinajstić information content (AvgIpc) is 0.728. The molecule has 15 rings (SSSR count). The zero-order valence-corrected chi connectivity index (χ0v) is 63.2. The lowest BCUT2D eigenvalue weighted by atomic mass is 9.87. The molecule has 1 aliphatic rings. The Morgan fingerprint density at radius 3 is 1.30 bits per heavy atom. The van der Waals surface area contributed by atoms with Crippen molar-refractivity contribution in [3.63, 3.8) is 0 Å². The van der Waals surface area contributed by atoms with Crippen molar-refractivity contribution in [2.24, 2.45) is 56.4 Å². The second-order valence-electron chi connectivity index (χ2n) is 28.5. The predicted octanol–water partition coefficient (Wildman–Crippen LogP) is 17.1. The van der Waals surface area contributed by atoms with Gasteiger partial charge < -0.3 is 0 Å². The number of fused-ring (bicyclic) bond motifs is 3. The Labute approximate surface area is 606 Å². The molecule has 8 nitrogen and oxygen atoms in total. The molecule has 0 aliphatic heterocycles. The molecule has 6 aromatic carbocycles. The van der Waals surface area contributed by atoms with Crippen LogP contribution in [0.2, 0.25) is 0 Å². The third-order valence-electron chi connectivity index (χ3n) is 20.9. The van der Waals surface area contributed by atoms with Gasteiger partial charge in [0.05, 0.1) is 10.9 Å². The minimum Gasteiger partial charge on any atom is -0.201 e. The molecule has 0 bridgehead atoms. The van der Waals surface area contributed by atoms with E-state index in [1.807, 2.05) is 0 Å². The summed E-state index contributed by atoms with van der Waals surface area (Å²) < 4.78 is 18.0. The minimum atomic E-state index is 0.461. The number of aromatic nitrogens is 8. The highest BCUT2D eigenvalue weighted by molar-refractivity contribution is 5.97. The quantitative estimate of drug-likeness (QED) is 0.129. The summed E-state index contributed by atoms with van der Waals surface area (Å²) in [6.07, 6.45) is 17.7. The molecular formula is C94H102N8+8. The van der Waals surface area contributed by atoms with Gasteiger partial charge in [0.1, 0.15) is 56.4 Å². The van der Waals surface area contributed by atoms with Crippen molar-refractivity contribution in [1.82, 2.24) is 0 Å². The van der Waals surface area contributed by atoms with Crippen LogP contribution in [0.15, 0.2) is 256 Å². The second-order valence-corrected chi connectivity index (χ2v) is 28.5. The van der Waals surface area contributed by atoms with Crippen molar-refractivity contribution >= 4 is 21.5 Å².